The number of aryl methyl sites for hydroxylation is 2. The summed E-state index contributed by atoms with van der Waals surface area (Å²) in [6, 6.07) is 4.48. The number of halogens is 1. The molecule has 0 radical (unpaired) electrons. The first-order valence-electron chi connectivity index (χ1n) is 5.45. The van der Waals surface area contributed by atoms with Crippen molar-refractivity contribution in [1.29, 1.82) is 0 Å². The molecule has 2 aromatic rings. The minimum Gasteiger partial charge on any atom is -0.349 e. The van der Waals surface area contributed by atoms with Gasteiger partial charge in [0.1, 0.15) is 0 Å². The third-order valence-corrected chi connectivity index (χ3v) is 4.11. The number of hydrogen-bond acceptors (Lipinski definition) is 0. The fourth-order valence-electron chi connectivity index (χ4n) is 2.27. The average molecular weight is 264 g/mol. The predicted octanol–water partition coefficient (Wildman–Crippen LogP) is 4.42. The fourth-order valence-corrected chi connectivity index (χ4v) is 3.00. The molecule has 0 saturated heterocycles. The van der Waals surface area contributed by atoms with Crippen LogP contribution in [0.4, 0.5) is 0 Å². The van der Waals surface area contributed by atoms with Gasteiger partial charge in [0.05, 0.1) is 4.60 Å². The Hall–Kier alpha value is -0.760. The van der Waals surface area contributed by atoms with Gasteiger partial charge < -0.3 is 4.98 Å². The largest absolute Gasteiger partial charge is 0.349 e. The van der Waals surface area contributed by atoms with Crippen LogP contribution in [0.3, 0.4) is 0 Å². The van der Waals surface area contributed by atoms with E-state index in [4.69, 9.17) is 0 Å². The quantitative estimate of drug-likeness (QED) is 0.784. The predicted molar refractivity (Wildman–Crippen MR) is 67.4 cm³/mol. The Kier molecular flexibility index (Phi) is 1.96. The fraction of sp³-hybridized carbons (Fsp3) is 0.385. The van der Waals surface area contributed by atoms with E-state index in [-0.39, 0.29) is 0 Å². The molecule has 0 unspecified atom stereocenters. The Morgan fingerprint density at radius 3 is 2.67 bits per heavy atom. The van der Waals surface area contributed by atoms with Crippen molar-refractivity contribution in [3.63, 3.8) is 0 Å². The Morgan fingerprint density at radius 2 is 2.00 bits per heavy atom. The molecule has 1 nitrogen and oxygen atoms in total. The van der Waals surface area contributed by atoms with Gasteiger partial charge in [-0.15, -0.1) is 0 Å². The lowest BCUT2D eigenvalue weighted by molar-refractivity contribution is 1.13. The Morgan fingerprint density at radius 1 is 1.27 bits per heavy atom. The van der Waals surface area contributed by atoms with Gasteiger partial charge >= 0.3 is 0 Å². The van der Waals surface area contributed by atoms with E-state index in [1.54, 1.807) is 0 Å². The molecule has 1 aromatic heterocycles. The van der Waals surface area contributed by atoms with Crippen LogP contribution in [-0.4, -0.2) is 4.98 Å². The summed E-state index contributed by atoms with van der Waals surface area (Å²) < 4.78 is 1.19. The molecule has 0 amide bonds. The molecule has 3 rings (SSSR count). The van der Waals surface area contributed by atoms with Crippen molar-refractivity contribution in [2.45, 2.75) is 32.6 Å². The molecule has 2 heteroatoms. The molecule has 1 aromatic carbocycles. The maximum Gasteiger partial charge on any atom is 0.0866 e. The first kappa shape index (κ1) is 9.46. The second-order valence-electron chi connectivity index (χ2n) is 4.56. The highest BCUT2D eigenvalue weighted by Gasteiger charge is 2.29. The van der Waals surface area contributed by atoms with E-state index in [2.05, 4.69) is 46.9 Å². The van der Waals surface area contributed by atoms with Gasteiger partial charge in [-0.25, -0.2) is 0 Å². The van der Waals surface area contributed by atoms with Crippen LogP contribution in [0.15, 0.2) is 16.7 Å². The van der Waals surface area contributed by atoms with Crippen LogP contribution < -0.4 is 0 Å². The maximum atomic E-state index is 3.65. The van der Waals surface area contributed by atoms with E-state index < -0.39 is 0 Å². The summed E-state index contributed by atoms with van der Waals surface area (Å²) in [7, 11) is 0. The Bertz CT molecular complexity index is 535. The van der Waals surface area contributed by atoms with Crippen LogP contribution in [0.25, 0.3) is 10.9 Å². The third kappa shape index (κ3) is 1.35. The minimum absolute atomic E-state index is 0.787. The highest BCUT2D eigenvalue weighted by molar-refractivity contribution is 9.10. The van der Waals surface area contributed by atoms with Gasteiger partial charge in [0.25, 0.3) is 0 Å². The van der Waals surface area contributed by atoms with E-state index >= 15 is 0 Å². The number of H-pyrrole nitrogens is 1. The lowest BCUT2D eigenvalue weighted by atomic mass is 10.0. The summed E-state index contributed by atoms with van der Waals surface area (Å²) >= 11 is 3.65. The second-order valence-corrected chi connectivity index (χ2v) is 5.35. The normalized spacial score (nSPS) is 16.2. The van der Waals surface area contributed by atoms with Crippen LogP contribution in [0.2, 0.25) is 0 Å². The van der Waals surface area contributed by atoms with Gasteiger partial charge in [-0.3, -0.25) is 0 Å². The topological polar surface area (TPSA) is 15.8 Å². The Labute approximate surface area is 98.0 Å². The van der Waals surface area contributed by atoms with Crippen molar-refractivity contribution in [3.8, 4) is 0 Å². The first-order chi connectivity index (χ1) is 7.18. The van der Waals surface area contributed by atoms with Crippen molar-refractivity contribution >= 4 is 26.8 Å². The monoisotopic (exact) mass is 263 g/mol. The summed E-state index contributed by atoms with van der Waals surface area (Å²) in [5.41, 5.74) is 5.54. The van der Waals surface area contributed by atoms with Gasteiger partial charge in [-0.2, -0.15) is 0 Å². The van der Waals surface area contributed by atoms with E-state index in [1.165, 1.54) is 45.0 Å². The molecule has 1 N–H and O–H groups in total. The molecule has 1 heterocycles. The highest BCUT2D eigenvalue weighted by atomic mass is 79.9. The van der Waals surface area contributed by atoms with Gasteiger partial charge in [0.15, 0.2) is 0 Å². The van der Waals surface area contributed by atoms with Crippen molar-refractivity contribution in [3.05, 3.63) is 33.4 Å². The smallest absolute Gasteiger partial charge is 0.0866 e. The van der Waals surface area contributed by atoms with E-state index in [1.807, 2.05) is 0 Å². The first-order valence-corrected chi connectivity index (χ1v) is 6.25. The van der Waals surface area contributed by atoms with Gasteiger partial charge in [-0.1, -0.05) is 12.1 Å². The number of rotatable bonds is 1. The molecule has 78 valence electrons. The summed E-state index contributed by atoms with van der Waals surface area (Å²) in [5.74, 6) is 0.787. The summed E-state index contributed by atoms with van der Waals surface area (Å²) in [4.78, 5) is 3.47. The number of hydrogen-bond donors (Lipinski definition) is 1. The average Bonchev–Trinajstić information content (AvgIpc) is 2.97. The van der Waals surface area contributed by atoms with Crippen LogP contribution in [0, 0.1) is 13.8 Å². The van der Waals surface area contributed by atoms with E-state index in [0.29, 0.717) is 0 Å². The standard InChI is InChI=1S/C13H14BrN/c1-7-3-6-10-11(9-4-5-9)13(14)15-12(10)8(7)2/h3,6,9,15H,4-5H2,1-2H3. The molecule has 0 bridgehead atoms. The molecule has 15 heavy (non-hydrogen) atoms. The molecule has 1 saturated carbocycles. The van der Waals surface area contributed by atoms with E-state index in [9.17, 15) is 0 Å². The van der Waals surface area contributed by atoms with Crippen molar-refractivity contribution in [1.82, 2.24) is 4.98 Å². The zero-order chi connectivity index (χ0) is 10.6. The second kappa shape index (κ2) is 3.11. The van der Waals surface area contributed by atoms with E-state index in [0.717, 1.165) is 5.92 Å². The zero-order valence-corrected chi connectivity index (χ0v) is 10.6. The van der Waals surface area contributed by atoms with Crippen molar-refractivity contribution in [2.24, 2.45) is 0 Å². The maximum absolute atomic E-state index is 3.65. The lowest BCUT2D eigenvalue weighted by Gasteiger charge is -2.01. The van der Waals surface area contributed by atoms with Gasteiger partial charge in [-0.05, 0) is 65.2 Å². The zero-order valence-electron chi connectivity index (χ0n) is 9.02. The molecule has 0 spiro atoms. The number of benzene rings is 1. The summed E-state index contributed by atoms with van der Waals surface area (Å²) in [6.07, 6.45) is 2.69. The highest BCUT2D eigenvalue weighted by Crippen LogP contribution is 2.47. The van der Waals surface area contributed by atoms with Gasteiger partial charge in [0, 0.05) is 10.9 Å². The third-order valence-electron chi connectivity index (χ3n) is 3.48. The lowest BCUT2D eigenvalue weighted by Crippen LogP contribution is -1.82. The molecular formula is C13H14BrN. The Balaban J connectivity index is 2.37. The SMILES string of the molecule is Cc1ccc2c(C3CC3)c(Br)[nH]c2c1C. The van der Waals surface area contributed by atoms with Crippen LogP contribution in [0.5, 0.6) is 0 Å². The van der Waals surface area contributed by atoms with Gasteiger partial charge in [0.2, 0.25) is 0 Å². The number of aromatic amines is 1. The molecule has 0 atom stereocenters. The number of aromatic nitrogens is 1. The molecule has 1 aliphatic carbocycles. The molecular weight excluding hydrogens is 250 g/mol. The molecule has 1 aliphatic rings. The van der Waals surface area contributed by atoms with Crippen LogP contribution in [0.1, 0.15) is 35.4 Å². The minimum atomic E-state index is 0.787. The number of fused-ring (bicyclic) bond motifs is 1. The van der Waals surface area contributed by atoms with Crippen LogP contribution in [-0.2, 0) is 0 Å². The van der Waals surface area contributed by atoms with Crippen molar-refractivity contribution < 1.29 is 0 Å². The molecule has 1 fully saturated rings. The molecule has 0 aliphatic heterocycles. The summed E-state index contributed by atoms with van der Waals surface area (Å²) in [6.45, 7) is 4.36. The van der Waals surface area contributed by atoms with Crippen molar-refractivity contribution in [2.75, 3.05) is 0 Å². The summed E-state index contributed by atoms with van der Waals surface area (Å²) in [5, 5.41) is 1.41. The van der Waals surface area contributed by atoms with Crippen LogP contribution >= 0.6 is 15.9 Å². The number of nitrogens with one attached hydrogen (secondary N) is 1.